The molecule has 1 atom stereocenters. The Morgan fingerprint density at radius 3 is 2.81 bits per heavy atom. The summed E-state index contributed by atoms with van der Waals surface area (Å²) >= 11 is 1.84. The molecule has 3 aromatic rings. The van der Waals surface area contributed by atoms with Crippen LogP contribution in [0.2, 0.25) is 0 Å². The predicted octanol–water partition coefficient (Wildman–Crippen LogP) is 3.84. The van der Waals surface area contributed by atoms with Gasteiger partial charge in [-0.05, 0) is 55.7 Å². The number of hydrogen-bond donors (Lipinski definition) is 1. The number of piperidine rings is 1. The van der Waals surface area contributed by atoms with Gasteiger partial charge in [0.25, 0.3) is 0 Å². The SMILES string of the molecule is C[C@H]1CCc2c(sc3nc(-c4cccnc4)nc(N4CCC(O)CC4)c23)C1. The lowest BCUT2D eigenvalue weighted by Gasteiger charge is -2.31. The van der Waals surface area contributed by atoms with Crippen LogP contribution in [0.15, 0.2) is 24.5 Å². The molecular formula is C21H24N4OS. The van der Waals surface area contributed by atoms with Crippen molar-refractivity contribution in [2.24, 2.45) is 5.92 Å². The number of nitrogens with zero attached hydrogens (tertiary/aromatic N) is 4. The van der Waals surface area contributed by atoms with Gasteiger partial charge in [0.15, 0.2) is 5.82 Å². The molecule has 140 valence electrons. The van der Waals surface area contributed by atoms with E-state index in [0.717, 1.165) is 66.7 Å². The summed E-state index contributed by atoms with van der Waals surface area (Å²) in [5, 5.41) is 11.2. The monoisotopic (exact) mass is 380 g/mol. The van der Waals surface area contributed by atoms with Crippen LogP contribution < -0.4 is 4.90 Å². The van der Waals surface area contributed by atoms with Crippen molar-refractivity contribution in [2.75, 3.05) is 18.0 Å². The lowest BCUT2D eigenvalue weighted by atomic mass is 9.89. The van der Waals surface area contributed by atoms with Crippen LogP contribution in [0.1, 0.15) is 36.6 Å². The van der Waals surface area contributed by atoms with Gasteiger partial charge in [-0.2, -0.15) is 0 Å². The molecule has 1 fully saturated rings. The Bertz CT molecular complexity index is 963. The number of fused-ring (bicyclic) bond motifs is 3. The second-order valence-corrected chi connectivity index (χ2v) is 8.95. The molecule has 5 rings (SSSR count). The molecule has 27 heavy (non-hydrogen) atoms. The fourth-order valence-corrected chi connectivity index (χ4v) is 5.63. The number of pyridine rings is 1. The first-order valence-electron chi connectivity index (χ1n) is 9.84. The minimum atomic E-state index is -0.186. The Kier molecular flexibility index (Phi) is 4.32. The molecule has 0 amide bonds. The van der Waals surface area contributed by atoms with Gasteiger partial charge < -0.3 is 10.0 Å². The highest BCUT2D eigenvalue weighted by Crippen LogP contribution is 2.42. The molecule has 4 heterocycles. The van der Waals surface area contributed by atoms with Gasteiger partial charge in [-0.25, -0.2) is 9.97 Å². The van der Waals surface area contributed by atoms with E-state index < -0.39 is 0 Å². The molecule has 0 spiro atoms. The number of anilines is 1. The van der Waals surface area contributed by atoms with E-state index in [1.54, 1.807) is 6.20 Å². The molecule has 3 aromatic heterocycles. The van der Waals surface area contributed by atoms with Crippen LogP contribution >= 0.6 is 11.3 Å². The van der Waals surface area contributed by atoms with Crippen LogP contribution in [-0.2, 0) is 12.8 Å². The average molecular weight is 381 g/mol. The zero-order valence-electron chi connectivity index (χ0n) is 15.6. The molecule has 1 aliphatic heterocycles. The molecule has 0 saturated carbocycles. The molecule has 5 nitrogen and oxygen atoms in total. The van der Waals surface area contributed by atoms with Crippen LogP contribution in [0.5, 0.6) is 0 Å². The maximum Gasteiger partial charge on any atom is 0.164 e. The lowest BCUT2D eigenvalue weighted by Crippen LogP contribution is -2.36. The second kappa shape index (κ2) is 6.84. The van der Waals surface area contributed by atoms with Gasteiger partial charge in [-0.1, -0.05) is 6.92 Å². The standard InChI is InChI=1S/C21H24N4OS/c1-13-4-5-16-17(11-13)27-21-18(16)20(25-9-6-15(26)7-10-25)23-19(24-21)14-3-2-8-22-12-14/h2-3,8,12-13,15,26H,4-7,9-11H2,1H3/t13-/m0/s1. The van der Waals surface area contributed by atoms with Crippen molar-refractivity contribution in [3.8, 4) is 11.4 Å². The molecule has 0 radical (unpaired) electrons. The van der Waals surface area contributed by atoms with Gasteiger partial charge in [0.05, 0.1) is 11.5 Å². The van der Waals surface area contributed by atoms with Crippen LogP contribution in [0.3, 0.4) is 0 Å². The summed E-state index contributed by atoms with van der Waals surface area (Å²) in [7, 11) is 0. The number of aryl methyl sites for hydroxylation is 1. The predicted molar refractivity (Wildman–Crippen MR) is 109 cm³/mol. The Morgan fingerprint density at radius 2 is 2.04 bits per heavy atom. The fourth-order valence-electron chi connectivity index (χ4n) is 4.25. The van der Waals surface area contributed by atoms with Crippen molar-refractivity contribution in [3.63, 3.8) is 0 Å². The van der Waals surface area contributed by atoms with E-state index in [1.807, 2.05) is 29.7 Å². The average Bonchev–Trinajstić information content (AvgIpc) is 3.06. The lowest BCUT2D eigenvalue weighted by molar-refractivity contribution is 0.145. The number of aliphatic hydroxyl groups excluding tert-OH is 1. The zero-order valence-corrected chi connectivity index (χ0v) is 16.4. The van der Waals surface area contributed by atoms with Gasteiger partial charge in [0.2, 0.25) is 0 Å². The van der Waals surface area contributed by atoms with E-state index in [0.29, 0.717) is 0 Å². The van der Waals surface area contributed by atoms with Crippen LogP contribution in [0, 0.1) is 5.92 Å². The van der Waals surface area contributed by atoms with Crippen molar-refractivity contribution in [3.05, 3.63) is 35.0 Å². The van der Waals surface area contributed by atoms with E-state index in [4.69, 9.17) is 9.97 Å². The van der Waals surface area contributed by atoms with Gasteiger partial charge in [0.1, 0.15) is 10.6 Å². The van der Waals surface area contributed by atoms with Gasteiger partial charge >= 0.3 is 0 Å². The third kappa shape index (κ3) is 3.11. The number of aliphatic hydroxyl groups is 1. The third-order valence-corrected chi connectivity index (χ3v) is 6.97. The zero-order chi connectivity index (χ0) is 18.4. The summed E-state index contributed by atoms with van der Waals surface area (Å²) in [6.45, 7) is 4.04. The second-order valence-electron chi connectivity index (χ2n) is 7.86. The van der Waals surface area contributed by atoms with Gasteiger partial charge in [-0.15, -0.1) is 11.3 Å². The first kappa shape index (κ1) is 17.1. The molecule has 0 aromatic carbocycles. The van der Waals surface area contributed by atoms with E-state index in [-0.39, 0.29) is 6.10 Å². The first-order chi connectivity index (χ1) is 13.2. The first-order valence-corrected chi connectivity index (χ1v) is 10.7. The molecule has 2 aliphatic rings. The molecular weight excluding hydrogens is 356 g/mol. The molecule has 0 bridgehead atoms. The van der Waals surface area contributed by atoms with Crippen molar-refractivity contribution in [1.82, 2.24) is 15.0 Å². The Balaban J connectivity index is 1.69. The van der Waals surface area contributed by atoms with Crippen LogP contribution in [-0.4, -0.2) is 39.3 Å². The smallest absolute Gasteiger partial charge is 0.164 e. The summed E-state index contributed by atoms with van der Waals surface area (Å²) in [5.74, 6) is 2.55. The normalized spacial score (nSPS) is 20.8. The van der Waals surface area contributed by atoms with Crippen molar-refractivity contribution >= 4 is 27.4 Å². The molecule has 1 saturated heterocycles. The van der Waals surface area contributed by atoms with Crippen molar-refractivity contribution in [1.29, 1.82) is 0 Å². The minimum absolute atomic E-state index is 0.186. The number of hydrogen-bond acceptors (Lipinski definition) is 6. The molecule has 0 unspecified atom stereocenters. The van der Waals surface area contributed by atoms with Gasteiger partial charge in [0, 0.05) is 35.9 Å². The number of rotatable bonds is 2. The summed E-state index contributed by atoms with van der Waals surface area (Å²) < 4.78 is 0. The molecule has 1 N–H and O–H groups in total. The quantitative estimate of drug-likeness (QED) is 0.732. The van der Waals surface area contributed by atoms with Crippen molar-refractivity contribution < 1.29 is 5.11 Å². The maximum atomic E-state index is 9.94. The van der Waals surface area contributed by atoms with E-state index in [9.17, 15) is 5.11 Å². The number of thiophene rings is 1. The highest BCUT2D eigenvalue weighted by molar-refractivity contribution is 7.19. The fraction of sp³-hybridized carbons (Fsp3) is 0.476. The largest absolute Gasteiger partial charge is 0.393 e. The van der Waals surface area contributed by atoms with Gasteiger partial charge in [-0.3, -0.25) is 4.98 Å². The molecule has 6 heteroatoms. The summed E-state index contributed by atoms with van der Waals surface area (Å²) in [4.78, 5) is 19.1. The topological polar surface area (TPSA) is 62.1 Å². The Hall–Kier alpha value is -2.05. The maximum absolute atomic E-state index is 9.94. The molecule has 1 aliphatic carbocycles. The van der Waals surface area contributed by atoms with Crippen molar-refractivity contribution in [2.45, 2.75) is 45.1 Å². The van der Waals surface area contributed by atoms with Crippen LogP contribution in [0.4, 0.5) is 5.82 Å². The summed E-state index contributed by atoms with van der Waals surface area (Å²) in [5.41, 5.74) is 2.42. The van der Waals surface area contributed by atoms with E-state index in [2.05, 4.69) is 16.8 Å². The minimum Gasteiger partial charge on any atom is -0.393 e. The Labute approximate surface area is 163 Å². The highest BCUT2D eigenvalue weighted by Gasteiger charge is 2.27. The number of aromatic nitrogens is 3. The van der Waals surface area contributed by atoms with E-state index >= 15 is 0 Å². The summed E-state index contributed by atoms with van der Waals surface area (Å²) in [6.07, 6.45) is 8.54. The summed E-state index contributed by atoms with van der Waals surface area (Å²) in [6, 6.07) is 3.95. The third-order valence-electron chi connectivity index (χ3n) is 5.82. The Morgan fingerprint density at radius 1 is 1.19 bits per heavy atom. The highest BCUT2D eigenvalue weighted by atomic mass is 32.1. The van der Waals surface area contributed by atoms with Crippen LogP contribution in [0.25, 0.3) is 21.6 Å². The van der Waals surface area contributed by atoms with E-state index in [1.165, 1.54) is 22.2 Å².